The first-order valence-corrected chi connectivity index (χ1v) is 3.90. The Labute approximate surface area is 72.2 Å². The first kappa shape index (κ1) is 8.48. The van der Waals surface area contributed by atoms with Crippen LogP contribution in [-0.4, -0.2) is 4.98 Å². The van der Waals surface area contributed by atoms with Crippen LogP contribution in [0.3, 0.4) is 0 Å². The summed E-state index contributed by atoms with van der Waals surface area (Å²) in [6.07, 6.45) is 4.43. The van der Waals surface area contributed by atoms with E-state index in [-0.39, 0.29) is 0 Å². The number of pyridine rings is 1. The number of hydrogen-bond acceptors (Lipinski definition) is 2. The number of hydrogen-bond donors (Lipinski definition) is 0. The smallest absolute Gasteiger partial charge is 0.101 e. The van der Waals surface area contributed by atoms with Crippen LogP contribution in [0.1, 0.15) is 19.0 Å². The zero-order valence-corrected chi connectivity index (χ0v) is 6.99. The van der Waals surface area contributed by atoms with E-state index in [0.29, 0.717) is 5.57 Å². The molecule has 60 valence electrons. The van der Waals surface area contributed by atoms with Crippen molar-refractivity contribution in [3.05, 3.63) is 36.2 Å². The third-order valence-corrected chi connectivity index (χ3v) is 1.47. The van der Waals surface area contributed by atoms with Crippen molar-refractivity contribution in [2.24, 2.45) is 0 Å². The fourth-order valence-corrected chi connectivity index (χ4v) is 0.934. The average Bonchev–Trinajstić information content (AvgIpc) is 2.15. The second-order valence-corrected chi connectivity index (χ2v) is 2.35. The Morgan fingerprint density at radius 3 is 3.00 bits per heavy atom. The maximum Gasteiger partial charge on any atom is 0.101 e. The van der Waals surface area contributed by atoms with Crippen LogP contribution >= 0.6 is 0 Å². The molecule has 0 aliphatic carbocycles. The van der Waals surface area contributed by atoms with Crippen molar-refractivity contribution in [1.29, 1.82) is 5.26 Å². The van der Waals surface area contributed by atoms with E-state index in [1.807, 2.05) is 31.2 Å². The molecular weight excluding hydrogens is 148 g/mol. The van der Waals surface area contributed by atoms with Gasteiger partial charge in [0.15, 0.2) is 0 Å². The zero-order chi connectivity index (χ0) is 8.81. The molecule has 0 aliphatic heterocycles. The summed E-state index contributed by atoms with van der Waals surface area (Å²) in [5.41, 5.74) is 1.40. The third-order valence-electron chi connectivity index (χ3n) is 1.47. The Bertz CT molecular complexity index is 306. The van der Waals surface area contributed by atoms with Crippen molar-refractivity contribution < 1.29 is 0 Å². The molecule has 0 aliphatic rings. The summed E-state index contributed by atoms with van der Waals surface area (Å²) in [5, 5.41) is 8.75. The van der Waals surface area contributed by atoms with Crippen LogP contribution in [0.15, 0.2) is 30.5 Å². The van der Waals surface area contributed by atoms with E-state index in [1.165, 1.54) is 0 Å². The molecule has 0 saturated heterocycles. The number of aromatic nitrogens is 1. The number of allylic oxidation sites excluding steroid dienone is 2. The van der Waals surface area contributed by atoms with Gasteiger partial charge in [-0.1, -0.05) is 19.1 Å². The molecule has 2 nitrogen and oxygen atoms in total. The third kappa shape index (κ3) is 1.93. The molecular formula is C10H10N2. The molecule has 0 spiro atoms. The van der Waals surface area contributed by atoms with E-state index in [9.17, 15) is 0 Å². The van der Waals surface area contributed by atoms with E-state index >= 15 is 0 Å². The van der Waals surface area contributed by atoms with Crippen molar-refractivity contribution in [2.45, 2.75) is 13.3 Å². The molecule has 0 fully saturated rings. The van der Waals surface area contributed by atoms with Gasteiger partial charge in [0, 0.05) is 6.20 Å². The van der Waals surface area contributed by atoms with Crippen molar-refractivity contribution in [3.63, 3.8) is 0 Å². The summed E-state index contributed by atoms with van der Waals surface area (Å²) in [4.78, 5) is 4.08. The van der Waals surface area contributed by atoms with Crippen LogP contribution in [0.25, 0.3) is 5.57 Å². The topological polar surface area (TPSA) is 36.7 Å². The molecule has 2 heteroatoms. The molecule has 0 radical (unpaired) electrons. The summed E-state index contributed by atoms with van der Waals surface area (Å²) in [6, 6.07) is 7.67. The maximum atomic E-state index is 8.75. The van der Waals surface area contributed by atoms with Crippen LogP contribution in [0.2, 0.25) is 0 Å². The lowest BCUT2D eigenvalue weighted by Crippen LogP contribution is -1.84. The molecule has 0 aromatic carbocycles. The van der Waals surface area contributed by atoms with Gasteiger partial charge in [0.05, 0.1) is 11.3 Å². The van der Waals surface area contributed by atoms with Gasteiger partial charge in [-0.25, -0.2) is 0 Å². The molecule has 1 rings (SSSR count). The summed E-state index contributed by atoms with van der Waals surface area (Å²) in [7, 11) is 0. The summed E-state index contributed by atoms with van der Waals surface area (Å²) < 4.78 is 0. The standard InChI is InChI=1S/C10H10N2/c1-2-5-9(8-11)10-6-3-4-7-12-10/h3-7H,2H2,1H3/b9-5-. The van der Waals surface area contributed by atoms with Crippen molar-refractivity contribution in [1.82, 2.24) is 4.98 Å². The largest absolute Gasteiger partial charge is 0.256 e. The Morgan fingerprint density at radius 2 is 2.50 bits per heavy atom. The molecule has 1 heterocycles. The van der Waals surface area contributed by atoms with E-state index in [1.54, 1.807) is 6.20 Å². The minimum Gasteiger partial charge on any atom is -0.256 e. The van der Waals surface area contributed by atoms with Crippen molar-refractivity contribution in [2.75, 3.05) is 0 Å². The molecule has 0 unspecified atom stereocenters. The Hall–Kier alpha value is -1.62. The van der Waals surface area contributed by atoms with Gasteiger partial charge in [0.2, 0.25) is 0 Å². The summed E-state index contributed by atoms with van der Waals surface area (Å²) in [6.45, 7) is 2.00. The highest BCUT2D eigenvalue weighted by molar-refractivity contribution is 5.74. The van der Waals surface area contributed by atoms with E-state index in [0.717, 1.165) is 12.1 Å². The molecule has 0 atom stereocenters. The quantitative estimate of drug-likeness (QED) is 0.619. The van der Waals surface area contributed by atoms with Crippen LogP contribution in [0.5, 0.6) is 0 Å². The number of nitriles is 1. The molecule has 12 heavy (non-hydrogen) atoms. The van der Waals surface area contributed by atoms with Crippen LogP contribution < -0.4 is 0 Å². The van der Waals surface area contributed by atoms with Gasteiger partial charge in [0.1, 0.15) is 6.07 Å². The molecule has 1 aromatic heterocycles. The fraction of sp³-hybridized carbons (Fsp3) is 0.200. The number of rotatable bonds is 2. The van der Waals surface area contributed by atoms with Crippen LogP contribution in [-0.2, 0) is 0 Å². The predicted molar refractivity (Wildman–Crippen MR) is 48.1 cm³/mol. The predicted octanol–water partition coefficient (Wildman–Crippen LogP) is 2.40. The first-order valence-electron chi connectivity index (χ1n) is 3.90. The van der Waals surface area contributed by atoms with Crippen LogP contribution in [0, 0.1) is 11.3 Å². The minimum absolute atomic E-state index is 0.651. The first-order chi connectivity index (χ1) is 5.88. The highest BCUT2D eigenvalue weighted by Gasteiger charge is 1.97. The Morgan fingerprint density at radius 1 is 1.67 bits per heavy atom. The van der Waals surface area contributed by atoms with Gasteiger partial charge in [-0.2, -0.15) is 5.26 Å². The Kier molecular flexibility index (Phi) is 3.04. The normalized spacial score (nSPS) is 10.8. The van der Waals surface area contributed by atoms with Gasteiger partial charge >= 0.3 is 0 Å². The van der Waals surface area contributed by atoms with Crippen LogP contribution in [0.4, 0.5) is 0 Å². The second-order valence-electron chi connectivity index (χ2n) is 2.35. The summed E-state index contributed by atoms with van der Waals surface area (Å²) in [5.74, 6) is 0. The van der Waals surface area contributed by atoms with E-state index in [4.69, 9.17) is 5.26 Å². The highest BCUT2D eigenvalue weighted by atomic mass is 14.7. The van der Waals surface area contributed by atoms with Crippen molar-refractivity contribution >= 4 is 5.57 Å². The molecule has 1 aromatic rings. The molecule has 0 bridgehead atoms. The SMILES string of the molecule is CC/C=C(/C#N)c1ccccn1. The fourth-order valence-electron chi connectivity index (χ4n) is 0.934. The van der Waals surface area contributed by atoms with Gasteiger partial charge in [-0.3, -0.25) is 4.98 Å². The summed E-state index contributed by atoms with van der Waals surface area (Å²) >= 11 is 0. The molecule has 0 N–H and O–H groups in total. The minimum atomic E-state index is 0.651. The Balaban J connectivity index is 2.98. The van der Waals surface area contributed by atoms with E-state index < -0.39 is 0 Å². The lowest BCUT2D eigenvalue weighted by atomic mass is 10.1. The molecule has 0 amide bonds. The lowest BCUT2D eigenvalue weighted by Gasteiger charge is -1.94. The van der Waals surface area contributed by atoms with Gasteiger partial charge in [0.25, 0.3) is 0 Å². The molecule has 0 saturated carbocycles. The van der Waals surface area contributed by atoms with Crippen molar-refractivity contribution in [3.8, 4) is 6.07 Å². The van der Waals surface area contributed by atoms with Gasteiger partial charge in [-0.05, 0) is 18.6 Å². The average molecular weight is 158 g/mol. The van der Waals surface area contributed by atoms with E-state index in [2.05, 4.69) is 11.1 Å². The second kappa shape index (κ2) is 4.30. The monoisotopic (exact) mass is 158 g/mol. The number of nitrogens with zero attached hydrogens (tertiary/aromatic N) is 2. The lowest BCUT2D eigenvalue weighted by molar-refractivity contribution is 1.21. The maximum absolute atomic E-state index is 8.75. The highest BCUT2D eigenvalue weighted by Crippen LogP contribution is 2.09. The van der Waals surface area contributed by atoms with Gasteiger partial charge < -0.3 is 0 Å². The zero-order valence-electron chi connectivity index (χ0n) is 6.99. The van der Waals surface area contributed by atoms with Gasteiger partial charge in [-0.15, -0.1) is 0 Å².